The Balaban J connectivity index is 2.60. The number of aliphatic hydroxyl groups is 2. The van der Waals surface area contributed by atoms with Crippen molar-refractivity contribution in [3.05, 3.63) is 35.9 Å². The van der Waals surface area contributed by atoms with Crippen molar-refractivity contribution in [2.75, 3.05) is 0 Å². The van der Waals surface area contributed by atoms with Gasteiger partial charge >= 0.3 is 0 Å². The minimum Gasteiger partial charge on any atom is -0.385 e. The summed E-state index contributed by atoms with van der Waals surface area (Å²) < 4.78 is 0. The van der Waals surface area contributed by atoms with Gasteiger partial charge in [-0.25, -0.2) is 0 Å². The van der Waals surface area contributed by atoms with Crippen molar-refractivity contribution in [3.8, 4) is 0 Å². The van der Waals surface area contributed by atoms with Crippen molar-refractivity contribution in [3.63, 3.8) is 0 Å². The first-order chi connectivity index (χ1) is 7.66. The van der Waals surface area contributed by atoms with Crippen LogP contribution in [0.1, 0.15) is 37.9 Å². The molecule has 0 aliphatic heterocycles. The van der Waals surface area contributed by atoms with E-state index in [1.807, 2.05) is 13.0 Å². The molecular formula is C13H18O3. The van der Waals surface area contributed by atoms with E-state index in [1.165, 1.54) is 0 Å². The van der Waals surface area contributed by atoms with Crippen molar-refractivity contribution in [1.29, 1.82) is 0 Å². The number of ketones is 1. The number of carbonyl (C=O) groups excluding carboxylic acids is 1. The predicted molar refractivity (Wildman–Crippen MR) is 61.9 cm³/mol. The molecule has 0 heterocycles. The molecule has 0 saturated carbocycles. The summed E-state index contributed by atoms with van der Waals surface area (Å²) in [4.78, 5) is 11.5. The summed E-state index contributed by atoms with van der Waals surface area (Å²) in [6.45, 7) is 1.98. The van der Waals surface area contributed by atoms with E-state index < -0.39 is 12.2 Å². The van der Waals surface area contributed by atoms with Crippen molar-refractivity contribution >= 4 is 5.78 Å². The lowest BCUT2D eigenvalue weighted by molar-refractivity contribution is -0.133. The van der Waals surface area contributed by atoms with Gasteiger partial charge in [-0.1, -0.05) is 43.7 Å². The van der Waals surface area contributed by atoms with Gasteiger partial charge in [0.2, 0.25) is 0 Å². The zero-order valence-electron chi connectivity index (χ0n) is 9.47. The quantitative estimate of drug-likeness (QED) is 0.772. The highest BCUT2D eigenvalue weighted by atomic mass is 16.3. The second kappa shape index (κ2) is 6.40. The van der Waals surface area contributed by atoms with Gasteiger partial charge < -0.3 is 10.2 Å². The Morgan fingerprint density at radius 3 is 2.44 bits per heavy atom. The monoisotopic (exact) mass is 222 g/mol. The second-order valence-corrected chi connectivity index (χ2v) is 3.87. The molecule has 2 atom stereocenters. The molecule has 2 N–H and O–H groups in total. The molecule has 1 aromatic rings. The number of carbonyl (C=O) groups is 1. The fourth-order valence-electron chi connectivity index (χ4n) is 1.51. The molecule has 2 unspecified atom stereocenters. The maximum Gasteiger partial charge on any atom is 0.164 e. The second-order valence-electron chi connectivity index (χ2n) is 3.87. The van der Waals surface area contributed by atoms with Gasteiger partial charge in [0.1, 0.15) is 12.2 Å². The molecular weight excluding hydrogens is 204 g/mol. The van der Waals surface area contributed by atoms with Gasteiger partial charge in [0, 0.05) is 6.42 Å². The van der Waals surface area contributed by atoms with Gasteiger partial charge in [-0.15, -0.1) is 0 Å². The number of rotatable bonds is 6. The molecule has 0 radical (unpaired) electrons. The number of Topliss-reactive ketones (excluding diaryl/α,β-unsaturated/α-hetero) is 1. The van der Waals surface area contributed by atoms with Gasteiger partial charge in [-0.3, -0.25) is 4.79 Å². The highest BCUT2D eigenvalue weighted by Gasteiger charge is 2.24. The Hall–Kier alpha value is -1.19. The third-order valence-corrected chi connectivity index (χ3v) is 2.55. The maximum absolute atomic E-state index is 11.5. The molecule has 0 aliphatic carbocycles. The van der Waals surface area contributed by atoms with Crippen LogP contribution in [0, 0.1) is 0 Å². The summed E-state index contributed by atoms with van der Waals surface area (Å²) in [7, 11) is 0. The SMILES string of the molecule is CCCCC(=O)C(O)C(O)c1ccccc1. The fourth-order valence-corrected chi connectivity index (χ4v) is 1.51. The van der Waals surface area contributed by atoms with E-state index in [1.54, 1.807) is 24.3 Å². The number of hydrogen-bond acceptors (Lipinski definition) is 3. The molecule has 3 heteroatoms. The summed E-state index contributed by atoms with van der Waals surface area (Å²) in [5.74, 6) is -0.293. The van der Waals surface area contributed by atoms with E-state index in [0.29, 0.717) is 12.0 Å². The smallest absolute Gasteiger partial charge is 0.164 e. The fraction of sp³-hybridized carbons (Fsp3) is 0.462. The molecule has 1 rings (SSSR count). The Labute approximate surface area is 95.7 Å². The van der Waals surface area contributed by atoms with Gasteiger partial charge in [-0.05, 0) is 12.0 Å². The normalized spacial score (nSPS) is 14.4. The zero-order valence-corrected chi connectivity index (χ0v) is 9.47. The highest BCUT2D eigenvalue weighted by Crippen LogP contribution is 2.18. The zero-order chi connectivity index (χ0) is 12.0. The molecule has 0 fully saturated rings. The topological polar surface area (TPSA) is 57.5 Å². The summed E-state index contributed by atoms with van der Waals surface area (Å²) >= 11 is 0. The van der Waals surface area contributed by atoms with Crippen LogP contribution in [0.15, 0.2) is 30.3 Å². The molecule has 16 heavy (non-hydrogen) atoms. The van der Waals surface area contributed by atoms with E-state index in [2.05, 4.69) is 0 Å². The van der Waals surface area contributed by atoms with Crippen LogP contribution in [-0.2, 0) is 4.79 Å². The number of aliphatic hydroxyl groups excluding tert-OH is 2. The molecule has 0 saturated heterocycles. The molecule has 88 valence electrons. The van der Waals surface area contributed by atoms with E-state index in [9.17, 15) is 15.0 Å². The lowest BCUT2D eigenvalue weighted by Gasteiger charge is -2.16. The minimum absolute atomic E-state index is 0.293. The Kier molecular flexibility index (Phi) is 5.15. The third kappa shape index (κ3) is 3.43. The first-order valence-electron chi connectivity index (χ1n) is 5.60. The van der Waals surface area contributed by atoms with Crippen molar-refractivity contribution < 1.29 is 15.0 Å². The van der Waals surface area contributed by atoms with Gasteiger partial charge in [-0.2, -0.15) is 0 Å². The van der Waals surface area contributed by atoms with E-state index >= 15 is 0 Å². The number of unbranched alkanes of at least 4 members (excludes halogenated alkanes) is 1. The molecule has 0 bridgehead atoms. The molecule has 0 aromatic heterocycles. The minimum atomic E-state index is -1.31. The van der Waals surface area contributed by atoms with Crippen LogP contribution in [0.2, 0.25) is 0 Å². The van der Waals surface area contributed by atoms with Crippen LogP contribution in [0.3, 0.4) is 0 Å². The number of benzene rings is 1. The summed E-state index contributed by atoms with van der Waals surface area (Å²) in [5.41, 5.74) is 0.569. The first-order valence-corrected chi connectivity index (χ1v) is 5.60. The third-order valence-electron chi connectivity index (χ3n) is 2.55. The maximum atomic E-state index is 11.5. The Morgan fingerprint density at radius 2 is 1.88 bits per heavy atom. The van der Waals surface area contributed by atoms with Gasteiger partial charge in [0.15, 0.2) is 5.78 Å². The van der Waals surface area contributed by atoms with Crippen LogP contribution < -0.4 is 0 Å². The average molecular weight is 222 g/mol. The molecule has 0 spiro atoms. The number of hydrogen-bond donors (Lipinski definition) is 2. The summed E-state index contributed by atoms with van der Waals surface area (Å²) in [6.07, 6.45) is -0.460. The van der Waals surface area contributed by atoms with E-state index in [0.717, 1.165) is 12.8 Å². The average Bonchev–Trinajstić information content (AvgIpc) is 2.35. The molecule has 1 aromatic carbocycles. The van der Waals surface area contributed by atoms with Crippen LogP contribution in [0.25, 0.3) is 0 Å². The van der Waals surface area contributed by atoms with Crippen LogP contribution >= 0.6 is 0 Å². The Bertz CT molecular complexity index is 321. The van der Waals surface area contributed by atoms with Gasteiger partial charge in [0.05, 0.1) is 0 Å². The van der Waals surface area contributed by atoms with E-state index in [4.69, 9.17) is 0 Å². The summed E-state index contributed by atoms with van der Waals surface area (Å²) in [5, 5.41) is 19.5. The van der Waals surface area contributed by atoms with Crippen molar-refractivity contribution in [1.82, 2.24) is 0 Å². The summed E-state index contributed by atoms with van der Waals surface area (Å²) in [6, 6.07) is 8.74. The van der Waals surface area contributed by atoms with Crippen LogP contribution in [-0.4, -0.2) is 22.1 Å². The van der Waals surface area contributed by atoms with E-state index in [-0.39, 0.29) is 5.78 Å². The molecule has 0 aliphatic rings. The largest absolute Gasteiger partial charge is 0.385 e. The van der Waals surface area contributed by atoms with Crippen molar-refractivity contribution in [2.45, 2.75) is 38.4 Å². The van der Waals surface area contributed by atoms with Crippen molar-refractivity contribution in [2.24, 2.45) is 0 Å². The Morgan fingerprint density at radius 1 is 1.25 bits per heavy atom. The van der Waals surface area contributed by atoms with Crippen LogP contribution in [0.5, 0.6) is 0 Å². The molecule has 3 nitrogen and oxygen atoms in total. The highest BCUT2D eigenvalue weighted by molar-refractivity contribution is 5.83. The standard InChI is InChI=1S/C13H18O3/c1-2-3-9-11(14)13(16)12(15)10-7-5-4-6-8-10/h4-8,12-13,15-16H,2-3,9H2,1H3. The predicted octanol–water partition coefficient (Wildman–Crippen LogP) is 1.84. The molecule has 0 amide bonds. The first kappa shape index (κ1) is 12.9. The van der Waals surface area contributed by atoms with Gasteiger partial charge in [0.25, 0.3) is 0 Å². The lowest BCUT2D eigenvalue weighted by atomic mass is 9.99. The lowest BCUT2D eigenvalue weighted by Crippen LogP contribution is -2.27. The van der Waals surface area contributed by atoms with Crippen LogP contribution in [0.4, 0.5) is 0 Å².